The second-order valence-electron chi connectivity index (χ2n) is 7.31. The molecule has 0 amide bonds. The molecule has 0 aliphatic carbocycles. The highest BCUT2D eigenvalue weighted by Gasteiger charge is 2.22. The predicted octanol–water partition coefficient (Wildman–Crippen LogP) is 4.26. The smallest absolute Gasteiger partial charge is 0.00967 e. The van der Waals surface area contributed by atoms with Crippen LogP contribution in [-0.4, -0.2) is 12.1 Å². The molecule has 0 aliphatic heterocycles. The molecule has 0 aromatic heterocycles. The molecule has 0 unspecified atom stereocenters. The van der Waals surface area contributed by atoms with Crippen molar-refractivity contribution in [2.45, 2.75) is 60.4 Å². The fourth-order valence-corrected chi connectivity index (χ4v) is 2.17. The van der Waals surface area contributed by atoms with Gasteiger partial charge in [0.15, 0.2) is 0 Å². The van der Waals surface area contributed by atoms with Crippen LogP contribution in [0.4, 0.5) is 0 Å². The molecule has 0 aliphatic rings. The van der Waals surface area contributed by atoms with Crippen LogP contribution in [0.5, 0.6) is 0 Å². The molecule has 1 N–H and O–H groups in total. The Morgan fingerprint density at radius 1 is 0.944 bits per heavy atom. The van der Waals surface area contributed by atoms with E-state index in [4.69, 9.17) is 0 Å². The zero-order valence-corrected chi connectivity index (χ0v) is 13.1. The minimum absolute atomic E-state index is 0.193. The van der Waals surface area contributed by atoms with Gasteiger partial charge in [0.05, 0.1) is 0 Å². The SMILES string of the molecule is Cc1cccc(C)c1CC(C)(C)CNC(C)(C)C. The Hall–Kier alpha value is -0.820. The quantitative estimate of drug-likeness (QED) is 0.838. The number of nitrogens with one attached hydrogen (secondary N) is 1. The summed E-state index contributed by atoms with van der Waals surface area (Å²) in [6.07, 6.45) is 1.13. The minimum Gasteiger partial charge on any atom is -0.312 e. The van der Waals surface area contributed by atoms with Crippen LogP contribution < -0.4 is 5.32 Å². The van der Waals surface area contributed by atoms with E-state index in [1.54, 1.807) is 0 Å². The number of benzene rings is 1. The highest BCUT2D eigenvalue weighted by Crippen LogP contribution is 2.26. The third kappa shape index (κ3) is 4.81. The number of hydrogen-bond donors (Lipinski definition) is 1. The van der Waals surface area contributed by atoms with Gasteiger partial charge in [-0.25, -0.2) is 0 Å². The summed E-state index contributed by atoms with van der Waals surface area (Å²) < 4.78 is 0. The van der Waals surface area contributed by atoms with Crippen LogP contribution >= 0.6 is 0 Å². The summed E-state index contributed by atoms with van der Waals surface area (Å²) in [5, 5.41) is 3.62. The highest BCUT2D eigenvalue weighted by molar-refractivity contribution is 5.34. The van der Waals surface area contributed by atoms with Crippen LogP contribution in [-0.2, 0) is 6.42 Å². The topological polar surface area (TPSA) is 12.0 Å². The minimum atomic E-state index is 0.193. The van der Waals surface area contributed by atoms with Crippen molar-refractivity contribution >= 4 is 0 Å². The lowest BCUT2D eigenvalue weighted by molar-refractivity contribution is 0.288. The van der Waals surface area contributed by atoms with E-state index in [-0.39, 0.29) is 11.0 Å². The number of hydrogen-bond acceptors (Lipinski definition) is 1. The Morgan fingerprint density at radius 3 is 1.89 bits per heavy atom. The van der Waals surface area contributed by atoms with E-state index in [1.165, 1.54) is 16.7 Å². The second kappa shape index (κ2) is 5.44. The molecule has 18 heavy (non-hydrogen) atoms. The van der Waals surface area contributed by atoms with Crippen LogP contribution in [0, 0.1) is 19.3 Å². The first-order chi connectivity index (χ1) is 8.11. The molecule has 102 valence electrons. The maximum atomic E-state index is 3.62. The molecule has 0 bridgehead atoms. The van der Waals surface area contributed by atoms with Crippen molar-refractivity contribution < 1.29 is 0 Å². The maximum Gasteiger partial charge on any atom is 0.00967 e. The summed E-state index contributed by atoms with van der Waals surface area (Å²) >= 11 is 0. The van der Waals surface area contributed by atoms with Gasteiger partial charge < -0.3 is 5.32 Å². The van der Waals surface area contributed by atoms with E-state index in [0.717, 1.165) is 13.0 Å². The molecular formula is C17H29N. The molecule has 0 heterocycles. The molecule has 0 atom stereocenters. The fraction of sp³-hybridized carbons (Fsp3) is 0.647. The lowest BCUT2D eigenvalue weighted by Crippen LogP contribution is -2.42. The van der Waals surface area contributed by atoms with Crippen molar-refractivity contribution in [2.24, 2.45) is 5.41 Å². The van der Waals surface area contributed by atoms with Gasteiger partial charge >= 0.3 is 0 Å². The molecule has 1 nitrogen and oxygen atoms in total. The van der Waals surface area contributed by atoms with Crippen molar-refractivity contribution in [1.29, 1.82) is 0 Å². The van der Waals surface area contributed by atoms with Gasteiger partial charge in [0.1, 0.15) is 0 Å². The van der Waals surface area contributed by atoms with Crippen molar-refractivity contribution in [3.05, 3.63) is 34.9 Å². The summed E-state index contributed by atoms with van der Waals surface area (Å²) in [4.78, 5) is 0. The average Bonchev–Trinajstić information content (AvgIpc) is 2.20. The number of rotatable bonds is 4. The van der Waals surface area contributed by atoms with E-state index in [9.17, 15) is 0 Å². The van der Waals surface area contributed by atoms with Gasteiger partial charge in [-0.3, -0.25) is 0 Å². The van der Waals surface area contributed by atoms with Crippen LogP contribution in [0.1, 0.15) is 51.3 Å². The Bertz CT molecular complexity index is 376. The zero-order valence-electron chi connectivity index (χ0n) is 13.1. The molecule has 0 radical (unpaired) electrons. The van der Waals surface area contributed by atoms with Gasteiger partial charge in [-0.1, -0.05) is 32.0 Å². The van der Waals surface area contributed by atoms with Crippen LogP contribution in [0.25, 0.3) is 0 Å². The van der Waals surface area contributed by atoms with Gasteiger partial charge in [-0.2, -0.15) is 0 Å². The van der Waals surface area contributed by atoms with E-state index >= 15 is 0 Å². The van der Waals surface area contributed by atoms with Crippen molar-refractivity contribution in [2.75, 3.05) is 6.54 Å². The molecule has 0 fully saturated rings. The summed E-state index contributed by atoms with van der Waals surface area (Å²) in [5.41, 5.74) is 4.82. The second-order valence-corrected chi connectivity index (χ2v) is 7.31. The largest absolute Gasteiger partial charge is 0.312 e. The molecule has 1 rings (SSSR count). The first kappa shape index (κ1) is 15.2. The van der Waals surface area contributed by atoms with Gasteiger partial charge in [0.2, 0.25) is 0 Å². The standard InChI is InChI=1S/C17H29N/c1-13-9-8-10-14(2)15(13)11-17(6,7)12-18-16(3,4)5/h8-10,18H,11-12H2,1-7H3. The van der Waals surface area contributed by atoms with Gasteiger partial charge in [-0.15, -0.1) is 0 Å². The molecule has 1 aromatic rings. The van der Waals surface area contributed by atoms with E-state index in [2.05, 4.69) is 72.0 Å². The van der Waals surface area contributed by atoms with E-state index in [0.29, 0.717) is 0 Å². The third-order valence-electron chi connectivity index (χ3n) is 3.40. The fourth-order valence-electron chi connectivity index (χ4n) is 2.17. The summed E-state index contributed by atoms with van der Waals surface area (Å²) in [6, 6.07) is 6.58. The lowest BCUT2D eigenvalue weighted by Gasteiger charge is -2.31. The van der Waals surface area contributed by atoms with Gasteiger partial charge in [-0.05, 0) is 63.1 Å². The first-order valence-corrected chi connectivity index (χ1v) is 6.91. The van der Waals surface area contributed by atoms with Crippen LogP contribution in [0.3, 0.4) is 0 Å². The van der Waals surface area contributed by atoms with Crippen molar-refractivity contribution in [3.63, 3.8) is 0 Å². The maximum absolute atomic E-state index is 3.62. The monoisotopic (exact) mass is 247 g/mol. The van der Waals surface area contributed by atoms with Crippen LogP contribution in [0.15, 0.2) is 18.2 Å². The van der Waals surface area contributed by atoms with Crippen LogP contribution in [0.2, 0.25) is 0 Å². The molecule has 1 heteroatoms. The predicted molar refractivity (Wildman–Crippen MR) is 81.2 cm³/mol. The van der Waals surface area contributed by atoms with Gasteiger partial charge in [0.25, 0.3) is 0 Å². The van der Waals surface area contributed by atoms with Crippen molar-refractivity contribution in [1.82, 2.24) is 5.32 Å². The Labute approximate surface area is 113 Å². The van der Waals surface area contributed by atoms with Crippen molar-refractivity contribution in [3.8, 4) is 0 Å². The lowest BCUT2D eigenvalue weighted by atomic mass is 9.82. The van der Waals surface area contributed by atoms with E-state index in [1.807, 2.05) is 0 Å². The Balaban J connectivity index is 2.76. The summed E-state index contributed by atoms with van der Waals surface area (Å²) in [6.45, 7) is 16.8. The van der Waals surface area contributed by atoms with E-state index < -0.39 is 0 Å². The molecule has 1 aromatic carbocycles. The van der Waals surface area contributed by atoms with Gasteiger partial charge in [0, 0.05) is 12.1 Å². The molecule has 0 saturated heterocycles. The molecular weight excluding hydrogens is 218 g/mol. The molecule has 0 saturated carbocycles. The Kier molecular flexibility index (Phi) is 4.61. The number of aryl methyl sites for hydroxylation is 2. The molecule has 0 spiro atoms. The summed E-state index contributed by atoms with van der Waals surface area (Å²) in [5.74, 6) is 0. The average molecular weight is 247 g/mol. The third-order valence-corrected chi connectivity index (χ3v) is 3.40. The highest BCUT2D eigenvalue weighted by atomic mass is 14.9. The summed E-state index contributed by atoms with van der Waals surface area (Å²) in [7, 11) is 0. The zero-order chi connectivity index (χ0) is 14.0. The Morgan fingerprint density at radius 2 is 1.44 bits per heavy atom. The first-order valence-electron chi connectivity index (χ1n) is 6.91. The normalized spacial score (nSPS) is 12.8.